The number of aryl methyl sites for hydroxylation is 1. The van der Waals surface area contributed by atoms with Crippen LogP contribution >= 0.6 is 0 Å². The first-order chi connectivity index (χ1) is 12.1. The van der Waals surface area contributed by atoms with Crippen LogP contribution in [0.4, 0.5) is 4.39 Å². The van der Waals surface area contributed by atoms with Crippen LogP contribution in [-0.2, 0) is 0 Å². The smallest absolute Gasteiger partial charge is 0.271 e. The van der Waals surface area contributed by atoms with Gasteiger partial charge in [-0.2, -0.15) is 5.10 Å². The second-order valence-corrected chi connectivity index (χ2v) is 5.41. The molecule has 0 saturated carbocycles. The Labute approximate surface area is 143 Å². The van der Waals surface area contributed by atoms with Crippen LogP contribution in [0.2, 0.25) is 0 Å². The van der Waals surface area contributed by atoms with Crippen molar-refractivity contribution >= 4 is 18.1 Å². The Morgan fingerprint density at radius 3 is 2.80 bits per heavy atom. The number of aromatic nitrogens is 3. The summed E-state index contributed by atoms with van der Waals surface area (Å²) >= 11 is 0. The number of nitrogens with zero attached hydrogens (tertiary/aromatic N) is 2. The molecule has 25 heavy (non-hydrogen) atoms. The molecule has 0 aliphatic rings. The van der Waals surface area contributed by atoms with Gasteiger partial charge in [0.15, 0.2) is 5.69 Å². The lowest BCUT2D eigenvalue weighted by Gasteiger charge is -1.98. The maximum Gasteiger partial charge on any atom is 0.271 e. The van der Waals surface area contributed by atoms with Crippen LogP contribution in [0.1, 0.15) is 34.4 Å². The molecule has 6 nitrogen and oxygen atoms in total. The Bertz CT molecular complexity index is 910. The van der Waals surface area contributed by atoms with Crippen molar-refractivity contribution in [3.8, 4) is 11.3 Å². The second-order valence-electron chi connectivity index (χ2n) is 5.41. The van der Waals surface area contributed by atoms with Gasteiger partial charge >= 0.3 is 0 Å². The van der Waals surface area contributed by atoms with Gasteiger partial charge in [0.2, 0.25) is 0 Å². The van der Waals surface area contributed by atoms with Crippen LogP contribution in [-0.4, -0.2) is 27.8 Å². The first-order valence-corrected chi connectivity index (χ1v) is 7.82. The molecule has 7 heteroatoms. The lowest BCUT2D eigenvalue weighted by atomic mass is 10.1. The van der Waals surface area contributed by atoms with E-state index in [2.05, 4.69) is 20.7 Å². The molecule has 0 unspecified atom stereocenters. The van der Waals surface area contributed by atoms with E-state index in [1.165, 1.54) is 12.1 Å². The average molecular weight is 340 g/mol. The molecule has 0 fully saturated rings. The largest absolute Gasteiger partial charge is 0.360 e. The minimum Gasteiger partial charge on any atom is -0.360 e. The molecule has 3 aromatic rings. The molecular formula is C18H17FN4O2. The number of carbonyl (C=O) groups excluding carboxylic acids is 1. The van der Waals surface area contributed by atoms with E-state index in [9.17, 15) is 9.18 Å². The van der Waals surface area contributed by atoms with E-state index in [4.69, 9.17) is 4.52 Å². The molecule has 2 N–H and O–H groups in total. The minimum atomic E-state index is -0.309. The monoisotopic (exact) mass is 340 g/mol. The molecule has 128 valence electrons. The summed E-state index contributed by atoms with van der Waals surface area (Å²) in [7, 11) is 0. The van der Waals surface area contributed by atoms with Gasteiger partial charge < -0.3 is 9.84 Å². The van der Waals surface area contributed by atoms with Crippen molar-refractivity contribution < 1.29 is 13.7 Å². The molecule has 0 saturated heterocycles. The molecule has 0 spiro atoms. The van der Waals surface area contributed by atoms with E-state index in [1.54, 1.807) is 31.2 Å². The third-order valence-electron chi connectivity index (χ3n) is 3.62. The summed E-state index contributed by atoms with van der Waals surface area (Å²) in [5.41, 5.74) is 3.15. The first kappa shape index (κ1) is 16.6. The number of hydrogen-bond acceptors (Lipinski definition) is 4. The molecule has 0 aliphatic heterocycles. The summed E-state index contributed by atoms with van der Waals surface area (Å²) < 4.78 is 18.4. The average Bonchev–Trinajstić information content (AvgIpc) is 3.21. The van der Waals surface area contributed by atoms with Crippen LogP contribution in [0.5, 0.6) is 0 Å². The maximum absolute atomic E-state index is 13.1. The molecule has 0 atom stereocenters. The molecule has 0 aliphatic carbocycles. The van der Waals surface area contributed by atoms with Crippen LogP contribution in [0.3, 0.4) is 0 Å². The number of benzene rings is 1. The summed E-state index contributed by atoms with van der Waals surface area (Å²) in [4.78, 5) is 11.7. The number of halogens is 1. The van der Waals surface area contributed by atoms with Crippen LogP contribution < -0.4 is 5.32 Å². The van der Waals surface area contributed by atoms with Crippen molar-refractivity contribution in [1.29, 1.82) is 0 Å². The van der Waals surface area contributed by atoms with Gasteiger partial charge in [-0.25, -0.2) is 4.39 Å². The fourth-order valence-electron chi connectivity index (χ4n) is 2.35. The highest BCUT2D eigenvalue weighted by molar-refractivity contribution is 5.93. The summed E-state index contributed by atoms with van der Waals surface area (Å²) in [5.74, 6) is 0.0991. The van der Waals surface area contributed by atoms with E-state index >= 15 is 0 Å². The summed E-state index contributed by atoms with van der Waals surface area (Å²) in [6.07, 6.45) is 3.60. The predicted octanol–water partition coefficient (Wildman–Crippen LogP) is 3.43. The standard InChI is InChI=1S/C18H17FN4O2/c1-3-20-18(24)16-10-14(21-22-16)8-9-15-11(2)25-23-17(15)12-4-6-13(19)7-5-12/h4-10H,3H2,1-2H3,(H,20,24)(H,21,22)/b9-8+. The third kappa shape index (κ3) is 3.65. The van der Waals surface area contributed by atoms with Crippen molar-refractivity contribution in [2.24, 2.45) is 0 Å². The van der Waals surface area contributed by atoms with E-state index in [1.807, 2.05) is 13.0 Å². The predicted molar refractivity (Wildman–Crippen MR) is 92.2 cm³/mol. The second kappa shape index (κ2) is 7.12. The van der Waals surface area contributed by atoms with Gasteiger partial charge in [-0.1, -0.05) is 5.16 Å². The zero-order valence-corrected chi connectivity index (χ0v) is 13.8. The normalized spacial score (nSPS) is 11.2. The Morgan fingerprint density at radius 2 is 2.08 bits per heavy atom. The molecule has 2 heterocycles. The fourth-order valence-corrected chi connectivity index (χ4v) is 2.35. The molecule has 1 amide bonds. The molecule has 2 aromatic heterocycles. The van der Waals surface area contributed by atoms with E-state index in [-0.39, 0.29) is 11.7 Å². The summed E-state index contributed by atoms with van der Waals surface area (Å²) in [6.45, 7) is 4.18. The zero-order chi connectivity index (χ0) is 17.8. The van der Waals surface area contributed by atoms with Gasteiger partial charge in [-0.3, -0.25) is 9.89 Å². The number of carbonyl (C=O) groups is 1. The number of nitrogens with one attached hydrogen (secondary N) is 2. The first-order valence-electron chi connectivity index (χ1n) is 7.82. The maximum atomic E-state index is 13.1. The van der Waals surface area contributed by atoms with Crippen molar-refractivity contribution in [2.45, 2.75) is 13.8 Å². The number of H-pyrrole nitrogens is 1. The van der Waals surface area contributed by atoms with Crippen molar-refractivity contribution in [1.82, 2.24) is 20.7 Å². The van der Waals surface area contributed by atoms with Gasteiger partial charge in [0.1, 0.15) is 17.3 Å². The van der Waals surface area contributed by atoms with E-state index in [0.29, 0.717) is 29.4 Å². The number of hydrogen-bond donors (Lipinski definition) is 2. The van der Waals surface area contributed by atoms with Crippen molar-refractivity contribution in [2.75, 3.05) is 6.54 Å². The minimum absolute atomic E-state index is 0.230. The Kier molecular flexibility index (Phi) is 4.74. The molecule has 3 rings (SSSR count). The third-order valence-corrected chi connectivity index (χ3v) is 3.62. The zero-order valence-electron chi connectivity index (χ0n) is 13.8. The summed E-state index contributed by atoms with van der Waals surface area (Å²) in [6, 6.07) is 7.70. The number of amides is 1. The Hall–Kier alpha value is -3.22. The van der Waals surface area contributed by atoms with E-state index in [0.717, 1.165) is 11.1 Å². The summed E-state index contributed by atoms with van der Waals surface area (Å²) in [5, 5.41) is 13.5. The van der Waals surface area contributed by atoms with Crippen LogP contribution in [0.25, 0.3) is 23.4 Å². The van der Waals surface area contributed by atoms with Gasteiger partial charge in [0.25, 0.3) is 5.91 Å². The quantitative estimate of drug-likeness (QED) is 0.745. The highest BCUT2D eigenvalue weighted by Crippen LogP contribution is 2.27. The van der Waals surface area contributed by atoms with Gasteiger partial charge in [-0.15, -0.1) is 0 Å². The van der Waals surface area contributed by atoms with E-state index < -0.39 is 0 Å². The molecule has 1 aromatic carbocycles. The highest BCUT2D eigenvalue weighted by Gasteiger charge is 2.13. The van der Waals surface area contributed by atoms with Crippen LogP contribution in [0, 0.1) is 12.7 Å². The molecule has 0 bridgehead atoms. The number of rotatable bonds is 5. The van der Waals surface area contributed by atoms with Crippen molar-refractivity contribution in [3.63, 3.8) is 0 Å². The lowest BCUT2D eigenvalue weighted by molar-refractivity contribution is 0.0951. The Morgan fingerprint density at radius 1 is 1.32 bits per heavy atom. The van der Waals surface area contributed by atoms with Gasteiger partial charge in [0.05, 0.1) is 5.69 Å². The SMILES string of the molecule is CCNC(=O)c1cc(/C=C/c2c(-c3ccc(F)cc3)noc2C)[nH]n1. The van der Waals surface area contributed by atoms with Crippen LogP contribution in [0.15, 0.2) is 34.9 Å². The number of aromatic amines is 1. The molecular weight excluding hydrogens is 323 g/mol. The van der Waals surface area contributed by atoms with Crippen molar-refractivity contribution in [3.05, 3.63) is 58.9 Å². The lowest BCUT2D eigenvalue weighted by Crippen LogP contribution is -2.22. The van der Waals surface area contributed by atoms with Gasteiger partial charge in [-0.05, 0) is 56.3 Å². The highest BCUT2D eigenvalue weighted by atomic mass is 19.1. The fraction of sp³-hybridized carbons (Fsp3) is 0.167. The topological polar surface area (TPSA) is 83.8 Å². The Balaban J connectivity index is 1.86. The van der Waals surface area contributed by atoms with Gasteiger partial charge in [0, 0.05) is 17.7 Å². The molecule has 0 radical (unpaired) electrons.